The maximum absolute atomic E-state index is 4.27. The second-order valence-corrected chi connectivity index (χ2v) is 7.58. The molecule has 0 amide bonds. The topological polar surface area (TPSA) is 0 Å². The molecule has 0 spiro atoms. The van der Waals surface area contributed by atoms with Crippen molar-refractivity contribution in [1.29, 1.82) is 0 Å². The Labute approximate surface area is 125 Å². The Balaban J connectivity index is 1.79. The van der Waals surface area contributed by atoms with Gasteiger partial charge in [0, 0.05) is 0 Å². The van der Waals surface area contributed by atoms with E-state index < -0.39 is 0 Å². The Morgan fingerprint density at radius 2 is 2.10 bits per heavy atom. The Morgan fingerprint density at radius 1 is 1.25 bits per heavy atom. The average Bonchev–Trinajstić information content (AvgIpc) is 2.82. The first-order valence-corrected chi connectivity index (χ1v) is 8.50. The third-order valence-corrected chi connectivity index (χ3v) is 5.95. The van der Waals surface area contributed by atoms with Crippen molar-refractivity contribution in [3.8, 4) is 0 Å². The molecule has 0 aromatic heterocycles. The van der Waals surface area contributed by atoms with E-state index in [2.05, 4.69) is 39.0 Å². The lowest BCUT2D eigenvalue weighted by molar-refractivity contribution is 0.242. The van der Waals surface area contributed by atoms with Gasteiger partial charge in [-0.05, 0) is 80.6 Å². The molecule has 0 heteroatoms. The van der Waals surface area contributed by atoms with Gasteiger partial charge in [0.15, 0.2) is 0 Å². The summed E-state index contributed by atoms with van der Waals surface area (Å²) in [5.74, 6) is 1.66. The summed E-state index contributed by atoms with van der Waals surface area (Å²) in [5.41, 5.74) is 5.12. The summed E-state index contributed by atoms with van der Waals surface area (Å²) in [6, 6.07) is 0. The van der Waals surface area contributed by atoms with Gasteiger partial charge in [0.25, 0.3) is 0 Å². The fourth-order valence-corrected chi connectivity index (χ4v) is 4.58. The summed E-state index contributed by atoms with van der Waals surface area (Å²) in [5, 5.41) is 0. The first kappa shape index (κ1) is 14.2. The second-order valence-electron chi connectivity index (χ2n) is 7.58. The second kappa shape index (κ2) is 5.54. The zero-order chi connectivity index (χ0) is 14.2. The van der Waals surface area contributed by atoms with Crippen LogP contribution in [0.3, 0.4) is 0 Å². The maximum atomic E-state index is 4.27. The normalized spacial score (nSPS) is 42.2. The molecule has 0 nitrogen and oxygen atoms in total. The van der Waals surface area contributed by atoms with E-state index in [0.717, 1.165) is 11.8 Å². The lowest BCUT2D eigenvalue weighted by Gasteiger charge is -2.38. The first-order chi connectivity index (χ1) is 9.58. The summed E-state index contributed by atoms with van der Waals surface area (Å²) in [7, 11) is 0. The van der Waals surface area contributed by atoms with Crippen molar-refractivity contribution in [3.05, 3.63) is 41.9 Å². The summed E-state index contributed by atoms with van der Waals surface area (Å²) < 4.78 is 0. The minimum atomic E-state index is 0.499. The van der Waals surface area contributed by atoms with Crippen LogP contribution >= 0.6 is 0 Å². The van der Waals surface area contributed by atoms with Crippen molar-refractivity contribution in [2.75, 3.05) is 0 Å². The molecular weight excluding hydrogens is 240 g/mol. The molecule has 3 fully saturated rings. The van der Waals surface area contributed by atoms with Crippen LogP contribution in [0.2, 0.25) is 0 Å². The van der Waals surface area contributed by atoms with Gasteiger partial charge in [0.1, 0.15) is 0 Å². The standard InChI is InChI=1S/C20H29/c1-15-8-9-16(2)18(14-15)11-10-17-6-4-12-20(3)13-5-7-19(17)20/h10-11,13,15,19H,2,4-9,12,14H2,1,3H3/b17-10+,18-11+/t15-,19-,20+/m0/s1. The molecule has 0 aliphatic heterocycles. The molecule has 3 saturated carbocycles. The minimum Gasteiger partial charge on any atom is -0.0956 e. The highest BCUT2D eigenvalue weighted by molar-refractivity contribution is 5.36. The molecule has 0 saturated heterocycles. The van der Waals surface area contributed by atoms with Gasteiger partial charge in [-0.15, -0.1) is 0 Å². The molecule has 0 bridgehead atoms. The van der Waals surface area contributed by atoms with E-state index in [4.69, 9.17) is 0 Å². The predicted molar refractivity (Wildman–Crippen MR) is 87.3 cm³/mol. The molecule has 3 aliphatic carbocycles. The molecule has 3 aliphatic rings. The molecule has 1 radical (unpaired) electrons. The Morgan fingerprint density at radius 3 is 2.95 bits per heavy atom. The van der Waals surface area contributed by atoms with Crippen LogP contribution in [-0.4, -0.2) is 0 Å². The molecule has 0 N–H and O–H groups in total. The summed E-state index contributed by atoms with van der Waals surface area (Å²) in [6.45, 7) is 9.12. The zero-order valence-electron chi connectivity index (χ0n) is 13.3. The Bertz CT molecular complexity index is 451. The van der Waals surface area contributed by atoms with Crippen LogP contribution in [0.1, 0.15) is 65.2 Å². The lowest BCUT2D eigenvalue weighted by atomic mass is 9.67. The number of rotatable bonds is 1. The van der Waals surface area contributed by atoms with Crippen LogP contribution in [0.25, 0.3) is 0 Å². The van der Waals surface area contributed by atoms with Crippen molar-refractivity contribution in [1.82, 2.24) is 0 Å². The monoisotopic (exact) mass is 269 g/mol. The van der Waals surface area contributed by atoms with E-state index in [0.29, 0.717) is 5.41 Å². The van der Waals surface area contributed by atoms with E-state index in [1.54, 1.807) is 5.57 Å². The number of allylic oxidation sites excluding steroid dienone is 5. The largest absolute Gasteiger partial charge is 0.0956 e. The SMILES string of the molecule is C=C1CC[C@H](C)C/C1=C\C=C1/CCC[C@]2(C)[CH]CC[C@@H]12. The highest BCUT2D eigenvalue weighted by Crippen LogP contribution is 2.53. The highest BCUT2D eigenvalue weighted by Gasteiger charge is 2.42. The molecule has 0 heterocycles. The quantitative estimate of drug-likeness (QED) is 0.546. The zero-order valence-corrected chi connectivity index (χ0v) is 13.3. The highest BCUT2D eigenvalue weighted by atomic mass is 14.5. The van der Waals surface area contributed by atoms with Gasteiger partial charge in [0.05, 0.1) is 0 Å². The van der Waals surface area contributed by atoms with Crippen LogP contribution in [-0.2, 0) is 0 Å². The molecule has 109 valence electrons. The van der Waals surface area contributed by atoms with Crippen molar-refractivity contribution in [2.24, 2.45) is 17.3 Å². The molecule has 0 unspecified atom stereocenters. The van der Waals surface area contributed by atoms with Gasteiger partial charge in [0.2, 0.25) is 0 Å². The molecule has 3 rings (SSSR count). The summed E-state index contributed by atoms with van der Waals surface area (Å²) in [6.07, 6.45) is 18.0. The predicted octanol–water partition coefficient (Wildman–Crippen LogP) is 6.02. The molecule has 0 aromatic rings. The minimum absolute atomic E-state index is 0.499. The van der Waals surface area contributed by atoms with Gasteiger partial charge >= 0.3 is 0 Å². The number of hydrogen-bond acceptors (Lipinski definition) is 0. The van der Waals surface area contributed by atoms with Crippen LogP contribution in [0, 0.1) is 23.7 Å². The lowest BCUT2D eigenvalue weighted by Crippen LogP contribution is -2.27. The Kier molecular flexibility index (Phi) is 3.93. The third-order valence-electron chi connectivity index (χ3n) is 5.95. The van der Waals surface area contributed by atoms with E-state index in [-0.39, 0.29) is 0 Å². The summed E-state index contributed by atoms with van der Waals surface area (Å²) >= 11 is 0. The fourth-order valence-electron chi connectivity index (χ4n) is 4.58. The number of hydrogen-bond donors (Lipinski definition) is 0. The van der Waals surface area contributed by atoms with Crippen molar-refractivity contribution < 1.29 is 0 Å². The van der Waals surface area contributed by atoms with Crippen molar-refractivity contribution in [2.45, 2.75) is 65.2 Å². The van der Waals surface area contributed by atoms with E-state index in [1.807, 2.05) is 0 Å². The molecule has 0 aromatic carbocycles. The van der Waals surface area contributed by atoms with Crippen molar-refractivity contribution >= 4 is 0 Å². The average molecular weight is 269 g/mol. The van der Waals surface area contributed by atoms with Gasteiger partial charge < -0.3 is 0 Å². The van der Waals surface area contributed by atoms with Crippen LogP contribution in [0.4, 0.5) is 0 Å². The summed E-state index contributed by atoms with van der Waals surface area (Å²) in [4.78, 5) is 0. The van der Waals surface area contributed by atoms with Gasteiger partial charge in [-0.3, -0.25) is 0 Å². The van der Waals surface area contributed by atoms with Gasteiger partial charge in [-0.2, -0.15) is 0 Å². The molecular formula is C20H29. The number of fused-ring (bicyclic) bond motifs is 1. The van der Waals surface area contributed by atoms with Crippen LogP contribution in [0.5, 0.6) is 0 Å². The molecule has 3 atom stereocenters. The molecule has 20 heavy (non-hydrogen) atoms. The van der Waals surface area contributed by atoms with Crippen LogP contribution in [0.15, 0.2) is 35.5 Å². The Hall–Kier alpha value is -0.780. The van der Waals surface area contributed by atoms with E-state index in [9.17, 15) is 0 Å². The van der Waals surface area contributed by atoms with E-state index in [1.165, 1.54) is 62.5 Å². The van der Waals surface area contributed by atoms with Gasteiger partial charge in [-0.1, -0.05) is 43.7 Å². The van der Waals surface area contributed by atoms with Gasteiger partial charge in [-0.25, -0.2) is 0 Å². The smallest absolute Gasteiger partial charge is 0.0143 e. The fraction of sp³-hybridized carbons (Fsp3) is 0.650. The van der Waals surface area contributed by atoms with Crippen molar-refractivity contribution in [3.63, 3.8) is 0 Å². The third kappa shape index (κ3) is 2.67. The maximum Gasteiger partial charge on any atom is -0.0143 e. The van der Waals surface area contributed by atoms with E-state index >= 15 is 0 Å². The van der Waals surface area contributed by atoms with Crippen LogP contribution < -0.4 is 0 Å². The first-order valence-electron chi connectivity index (χ1n) is 8.50.